The minimum atomic E-state index is -3.65. The van der Waals surface area contributed by atoms with E-state index in [1.54, 1.807) is 12.1 Å². The van der Waals surface area contributed by atoms with E-state index in [-0.39, 0.29) is 11.6 Å². The van der Waals surface area contributed by atoms with Crippen molar-refractivity contribution in [1.29, 1.82) is 0 Å². The van der Waals surface area contributed by atoms with Crippen LogP contribution in [0.2, 0.25) is 0 Å². The summed E-state index contributed by atoms with van der Waals surface area (Å²) in [5.74, 6) is 0. The molecule has 0 amide bonds. The maximum atomic E-state index is 11.5. The molecule has 1 aromatic rings. The van der Waals surface area contributed by atoms with Gasteiger partial charge in [0, 0.05) is 6.20 Å². The summed E-state index contributed by atoms with van der Waals surface area (Å²) in [7, 11) is -3.65. The average molecular weight is 229 g/mol. The lowest BCUT2D eigenvalue weighted by molar-refractivity contribution is 0.306. The zero-order valence-corrected chi connectivity index (χ0v) is 9.53. The van der Waals surface area contributed by atoms with Crippen molar-refractivity contribution < 1.29 is 12.6 Å². The molecular weight excluding hydrogens is 214 g/mol. The highest BCUT2D eigenvalue weighted by Gasteiger charge is 2.15. The topological polar surface area (TPSA) is 56.3 Å². The quantitative estimate of drug-likeness (QED) is 0.553. The molecule has 5 heteroatoms. The molecule has 0 fully saturated rings. The van der Waals surface area contributed by atoms with Crippen LogP contribution in [0.3, 0.4) is 0 Å². The monoisotopic (exact) mass is 229 g/mol. The molecule has 0 N–H and O–H groups in total. The fourth-order valence-corrected chi connectivity index (χ4v) is 1.97. The lowest BCUT2D eigenvalue weighted by atomic mass is 10.3. The molecule has 15 heavy (non-hydrogen) atoms. The van der Waals surface area contributed by atoms with Gasteiger partial charge in [-0.05, 0) is 18.6 Å². The van der Waals surface area contributed by atoms with Crippen LogP contribution in [0.25, 0.3) is 0 Å². The number of nitrogens with zero attached hydrogens (tertiary/aromatic N) is 1. The Labute approximate surface area is 90.4 Å². The smallest absolute Gasteiger partial charge is 0.265 e. The fourth-order valence-electron chi connectivity index (χ4n) is 1.08. The van der Waals surface area contributed by atoms with Crippen LogP contribution in [-0.2, 0) is 14.3 Å². The number of rotatable bonds is 6. The van der Waals surface area contributed by atoms with Crippen molar-refractivity contribution >= 4 is 10.1 Å². The maximum Gasteiger partial charge on any atom is 0.314 e. The second kappa shape index (κ2) is 5.82. The molecule has 1 aromatic heterocycles. The Kier molecular flexibility index (Phi) is 4.71. The third-order valence-corrected chi connectivity index (χ3v) is 3.11. The number of hydrogen-bond acceptors (Lipinski definition) is 4. The largest absolute Gasteiger partial charge is 0.314 e. The zero-order valence-electron chi connectivity index (χ0n) is 8.72. The van der Waals surface area contributed by atoms with Gasteiger partial charge in [-0.2, -0.15) is 8.42 Å². The molecule has 0 saturated carbocycles. The highest BCUT2D eigenvalue weighted by atomic mass is 32.2. The molecule has 0 aliphatic carbocycles. The predicted octanol–water partition coefficient (Wildman–Crippen LogP) is 1.98. The summed E-state index contributed by atoms with van der Waals surface area (Å²) >= 11 is 0. The molecule has 1 rings (SSSR count). The summed E-state index contributed by atoms with van der Waals surface area (Å²) in [6.07, 6.45) is 4.19. The first-order chi connectivity index (χ1) is 7.17. The van der Waals surface area contributed by atoms with Gasteiger partial charge in [0.1, 0.15) is 0 Å². The standard InChI is InChI=1S/C10H15NO3S/c1-2-3-6-9-14-15(12,13)10-7-4-5-8-11-10/h4-5,7-8H,2-3,6,9H2,1H3. The summed E-state index contributed by atoms with van der Waals surface area (Å²) in [4.78, 5) is 3.74. The van der Waals surface area contributed by atoms with Crippen molar-refractivity contribution in [2.75, 3.05) is 6.61 Å². The summed E-state index contributed by atoms with van der Waals surface area (Å²) in [5, 5.41) is -0.0264. The number of pyridine rings is 1. The van der Waals surface area contributed by atoms with E-state index in [9.17, 15) is 8.42 Å². The summed E-state index contributed by atoms with van der Waals surface area (Å²) in [6.45, 7) is 2.28. The van der Waals surface area contributed by atoms with Gasteiger partial charge in [-0.25, -0.2) is 4.98 Å². The van der Waals surface area contributed by atoms with E-state index in [0.717, 1.165) is 19.3 Å². The van der Waals surface area contributed by atoms with E-state index in [4.69, 9.17) is 4.18 Å². The molecule has 0 aromatic carbocycles. The van der Waals surface area contributed by atoms with E-state index in [0.29, 0.717) is 0 Å². The van der Waals surface area contributed by atoms with Gasteiger partial charge in [0.25, 0.3) is 0 Å². The van der Waals surface area contributed by atoms with Crippen LogP contribution < -0.4 is 0 Å². The first-order valence-electron chi connectivity index (χ1n) is 4.97. The van der Waals surface area contributed by atoms with Gasteiger partial charge in [0.05, 0.1) is 6.61 Å². The van der Waals surface area contributed by atoms with Gasteiger partial charge in [-0.3, -0.25) is 4.18 Å². The first kappa shape index (κ1) is 12.1. The first-order valence-corrected chi connectivity index (χ1v) is 6.38. The Balaban J connectivity index is 2.53. The predicted molar refractivity (Wildman–Crippen MR) is 56.9 cm³/mol. The van der Waals surface area contributed by atoms with Gasteiger partial charge in [0.15, 0.2) is 5.03 Å². The molecule has 0 aliphatic heterocycles. The summed E-state index contributed by atoms with van der Waals surface area (Å²) < 4.78 is 27.8. The van der Waals surface area contributed by atoms with Gasteiger partial charge in [-0.1, -0.05) is 25.8 Å². The van der Waals surface area contributed by atoms with Crippen molar-refractivity contribution in [3.8, 4) is 0 Å². The van der Waals surface area contributed by atoms with Crippen molar-refractivity contribution in [3.63, 3.8) is 0 Å². The Morgan fingerprint density at radius 3 is 2.73 bits per heavy atom. The van der Waals surface area contributed by atoms with Crippen LogP contribution >= 0.6 is 0 Å². The van der Waals surface area contributed by atoms with Crippen molar-refractivity contribution in [2.45, 2.75) is 31.2 Å². The van der Waals surface area contributed by atoms with E-state index in [1.165, 1.54) is 12.3 Å². The van der Waals surface area contributed by atoms with E-state index in [1.807, 2.05) is 6.92 Å². The molecule has 0 spiro atoms. The number of aromatic nitrogens is 1. The summed E-state index contributed by atoms with van der Waals surface area (Å²) in [6, 6.07) is 4.71. The van der Waals surface area contributed by atoms with Crippen LogP contribution in [0.5, 0.6) is 0 Å². The highest BCUT2D eigenvalue weighted by Crippen LogP contribution is 2.08. The SMILES string of the molecule is CCCCCOS(=O)(=O)c1ccccn1. The zero-order chi connectivity index (χ0) is 11.1. The third-order valence-electron chi connectivity index (χ3n) is 1.88. The maximum absolute atomic E-state index is 11.5. The fraction of sp³-hybridized carbons (Fsp3) is 0.500. The molecule has 0 aliphatic rings. The number of unbranched alkanes of at least 4 members (excludes halogenated alkanes) is 2. The second-order valence-electron chi connectivity index (χ2n) is 3.15. The van der Waals surface area contributed by atoms with Crippen LogP contribution in [-0.4, -0.2) is 20.0 Å². The van der Waals surface area contributed by atoms with Crippen LogP contribution in [0, 0.1) is 0 Å². The van der Waals surface area contributed by atoms with Crippen molar-refractivity contribution in [2.24, 2.45) is 0 Å². The van der Waals surface area contributed by atoms with E-state index < -0.39 is 10.1 Å². The average Bonchev–Trinajstić information content (AvgIpc) is 2.26. The lowest BCUT2D eigenvalue weighted by Gasteiger charge is -2.03. The Morgan fingerprint density at radius 2 is 2.13 bits per heavy atom. The molecule has 1 heterocycles. The van der Waals surface area contributed by atoms with Crippen LogP contribution in [0.15, 0.2) is 29.4 Å². The van der Waals surface area contributed by atoms with Crippen molar-refractivity contribution in [3.05, 3.63) is 24.4 Å². The van der Waals surface area contributed by atoms with E-state index in [2.05, 4.69) is 4.98 Å². The normalized spacial score (nSPS) is 11.5. The van der Waals surface area contributed by atoms with Crippen LogP contribution in [0.4, 0.5) is 0 Å². The third kappa shape index (κ3) is 3.97. The molecule has 4 nitrogen and oxygen atoms in total. The van der Waals surface area contributed by atoms with Gasteiger partial charge in [0.2, 0.25) is 0 Å². The Morgan fingerprint density at radius 1 is 1.33 bits per heavy atom. The molecular formula is C10H15NO3S. The summed E-state index contributed by atoms with van der Waals surface area (Å²) in [5.41, 5.74) is 0. The molecule has 0 saturated heterocycles. The second-order valence-corrected chi connectivity index (χ2v) is 4.71. The molecule has 0 atom stereocenters. The minimum absolute atomic E-state index is 0.0264. The van der Waals surface area contributed by atoms with Gasteiger partial charge in [-0.15, -0.1) is 0 Å². The molecule has 0 bridgehead atoms. The van der Waals surface area contributed by atoms with E-state index >= 15 is 0 Å². The Hall–Kier alpha value is -0.940. The minimum Gasteiger partial charge on any atom is -0.265 e. The van der Waals surface area contributed by atoms with Crippen LogP contribution in [0.1, 0.15) is 26.2 Å². The Bertz CT molecular complexity index is 375. The van der Waals surface area contributed by atoms with Gasteiger partial charge >= 0.3 is 10.1 Å². The van der Waals surface area contributed by atoms with Gasteiger partial charge < -0.3 is 0 Å². The lowest BCUT2D eigenvalue weighted by Crippen LogP contribution is -2.09. The molecule has 0 unspecified atom stereocenters. The molecule has 84 valence electrons. The highest BCUT2D eigenvalue weighted by molar-refractivity contribution is 7.86. The van der Waals surface area contributed by atoms with Crippen molar-refractivity contribution in [1.82, 2.24) is 4.98 Å². The number of hydrogen-bond donors (Lipinski definition) is 0. The molecule has 0 radical (unpaired) electrons.